The van der Waals surface area contributed by atoms with Crippen LogP contribution in [0.5, 0.6) is 11.5 Å². The number of hydrogen-bond acceptors (Lipinski definition) is 4. The third-order valence-electron chi connectivity index (χ3n) is 5.61. The summed E-state index contributed by atoms with van der Waals surface area (Å²) in [5.74, 6) is 3.09. The quantitative estimate of drug-likeness (QED) is 0.649. The van der Waals surface area contributed by atoms with Crippen molar-refractivity contribution in [2.75, 3.05) is 13.2 Å². The summed E-state index contributed by atoms with van der Waals surface area (Å²) < 4.78 is 11.3. The SMILES string of the molecule is S=C(N[C@@H]1CCC[C@H](c2nc3ccccc3[nH]2)C1)c1ccc2c(c1)OCCO2. The molecular formula is C22H23N3O2S. The normalized spacial score (nSPS) is 21.4. The van der Waals surface area contributed by atoms with Gasteiger partial charge in [0.2, 0.25) is 0 Å². The number of nitrogens with zero attached hydrogens (tertiary/aromatic N) is 1. The zero-order valence-corrected chi connectivity index (χ0v) is 16.4. The highest BCUT2D eigenvalue weighted by molar-refractivity contribution is 7.80. The second-order valence-corrected chi connectivity index (χ2v) is 7.94. The van der Waals surface area contributed by atoms with Crippen molar-refractivity contribution in [3.8, 4) is 11.5 Å². The number of aromatic amines is 1. The number of aromatic nitrogens is 2. The summed E-state index contributed by atoms with van der Waals surface area (Å²) in [5.41, 5.74) is 3.13. The molecule has 2 N–H and O–H groups in total. The summed E-state index contributed by atoms with van der Waals surface area (Å²) in [6.45, 7) is 1.18. The van der Waals surface area contributed by atoms with Crippen molar-refractivity contribution in [3.63, 3.8) is 0 Å². The van der Waals surface area contributed by atoms with E-state index in [2.05, 4.69) is 22.4 Å². The minimum Gasteiger partial charge on any atom is -0.486 e. The zero-order chi connectivity index (χ0) is 18.9. The highest BCUT2D eigenvalue weighted by Crippen LogP contribution is 2.34. The number of hydrogen-bond donors (Lipinski definition) is 2. The third kappa shape index (κ3) is 3.44. The van der Waals surface area contributed by atoms with Crippen molar-refractivity contribution in [1.29, 1.82) is 0 Å². The van der Waals surface area contributed by atoms with Gasteiger partial charge in [-0.2, -0.15) is 0 Å². The maximum atomic E-state index is 5.68. The van der Waals surface area contributed by atoms with Gasteiger partial charge in [-0.25, -0.2) is 4.98 Å². The summed E-state index contributed by atoms with van der Waals surface area (Å²) in [5, 5.41) is 3.57. The fraction of sp³-hybridized carbons (Fsp3) is 0.364. The maximum absolute atomic E-state index is 5.68. The molecule has 2 aliphatic rings. The Morgan fingerprint density at radius 2 is 1.93 bits per heavy atom. The first-order valence-corrected chi connectivity index (χ1v) is 10.3. The van der Waals surface area contributed by atoms with Crippen molar-refractivity contribution in [2.24, 2.45) is 0 Å². The molecule has 0 amide bonds. The van der Waals surface area contributed by atoms with E-state index in [0.717, 1.165) is 58.2 Å². The molecule has 0 bridgehead atoms. The number of para-hydroxylation sites is 2. The molecule has 1 fully saturated rings. The Labute approximate surface area is 169 Å². The van der Waals surface area contributed by atoms with Crippen LogP contribution in [0.2, 0.25) is 0 Å². The molecule has 2 heterocycles. The van der Waals surface area contributed by atoms with Crippen LogP contribution in [0.1, 0.15) is 43.0 Å². The van der Waals surface area contributed by atoms with Gasteiger partial charge in [-0.1, -0.05) is 30.8 Å². The fourth-order valence-electron chi connectivity index (χ4n) is 4.19. The molecule has 1 aromatic heterocycles. The molecule has 0 spiro atoms. The Morgan fingerprint density at radius 1 is 1.07 bits per heavy atom. The lowest BCUT2D eigenvalue weighted by molar-refractivity contribution is 0.171. The van der Waals surface area contributed by atoms with Gasteiger partial charge in [-0.3, -0.25) is 0 Å². The molecule has 0 unspecified atom stereocenters. The molecule has 0 saturated heterocycles. The van der Waals surface area contributed by atoms with Crippen LogP contribution in [0.25, 0.3) is 11.0 Å². The molecule has 6 heteroatoms. The number of H-pyrrole nitrogens is 1. The molecule has 1 aliphatic carbocycles. The second kappa shape index (κ2) is 7.43. The van der Waals surface area contributed by atoms with Crippen molar-refractivity contribution in [1.82, 2.24) is 15.3 Å². The van der Waals surface area contributed by atoms with E-state index in [1.807, 2.05) is 30.3 Å². The summed E-state index contributed by atoms with van der Waals surface area (Å²) in [6.07, 6.45) is 4.49. The van der Waals surface area contributed by atoms with Crippen LogP contribution in [0, 0.1) is 0 Å². The largest absolute Gasteiger partial charge is 0.486 e. The molecule has 1 saturated carbocycles. The van der Waals surface area contributed by atoms with Gasteiger partial charge in [0.25, 0.3) is 0 Å². The smallest absolute Gasteiger partial charge is 0.162 e. The van der Waals surface area contributed by atoms with Crippen LogP contribution < -0.4 is 14.8 Å². The molecule has 5 nitrogen and oxygen atoms in total. The van der Waals surface area contributed by atoms with Crippen LogP contribution in [0.3, 0.4) is 0 Å². The molecule has 0 radical (unpaired) electrons. The van der Waals surface area contributed by atoms with Gasteiger partial charge >= 0.3 is 0 Å². The molecule has 5 rings (SSSR count). The lowest BCUT2D eigenvalue weighted by Crippen LogP contribution is -2.37. The number of imidazole rings is 1. The zero-order valence-electron chi connectivity index (χ0n) is 15.6. The standard InChI is InChI=1S/C22H23N3O2S/c28-22(15-8-9-19-20(13-15)27-11-10-26-19)23-16-5-3-4-14(12-16)21-24-17-6-1-2-7-18(17)25-21/h1-2,6-9,13-14,16H,3-5,10-12H2,(H,23,28)(H,24,25)/t14-,16+/m0/s1. The first-order chi connectivity index (χ1) is 13.8. The Morgan fingerprint density at radius 3 is 2.82 bits per heavy atom. The summed E-state index contributed by atoms with van der Waals surface area (Å²) >= 11 is 5.68. The number of ether oxygens (including phenoxy) is 2. The van der Waals surface area contributed by atoms with Crippen LogP contribution in [0.15, 0.2) is 42.5 Å². The minimum atomic E-state index is 0.354. The van der Waals surface area contributed by atoms with Gasteiger partial charge in [-0.15, -0.1) is 0 Å². The average molecular weight is 394 g/mol. The first-order valence-electron chi connectivity index (χ1n) is 9.91. The molecule has 144 valence electrons. The highest BCUT2D eigenvalue weighted by atomic mass is 32.1. The van der Waals surface area contributed by atoms with E-state index in [4.69, 9.17) is 26.7 Å². The summed E-state index contributed by atoms with van der Waals surface area (Å²) in [7, 11) is 0. The average Bonchev–Trinajstić information content (AvgIpc) is 3.18. The highest BCUT2D eigenvalue weighted by Gasteiger charge is 2.26. The molecule has 28 heavy (non-hydrogen) atoms. The van der Waals surface area contributed by atoms with Gasteiger partial charge in [0.1, 0.15) is 24.0 Å². The summed E-state index contributed by atoms with van der Waals surface area (Å²) in [4.78, 5) is 9.08. The van der Waals surface area contributed by atoms with Crippen molar-refractivity contribution >= 4 is 28.2 Å². The number of thiocarbonyl (C=S) groups is 1. The van der Waals surface area contributed by atoms with Crippen molar-refractivity contribution < 1.29 is 9.47 Å². The van der Waals surface area contributed by atoms with Crippen LogP contribution in [0.4, 0.5) is 0 Å². The fourth-order valence-corrected chi connectivity index (χ4v) is 4.48. The van der Waals surface area contributed by atoms with Crippen LogP contribution in [-0.4, -0.2) is 34.2 Å². The van der Waals surface area contributed by atoms with Crippen molar-refractivity contribution in [2.45, 2.75) is 37.6 Å². The van der Waals surface area contributed by atoms with E-state index in [0.29, 0.717) is 25.2 Å². The Kier molecular flexibility index (Phi) is 4.64. The van der Waals surface area contributed by atoms with Gasteiger partial charge in [0.15, 0.2) is 11.5 Å². The summed E-state index contributed by atoms with van der Waals surface area (Å²) in [6, 6.07) is 14.5. The first kappa shape index (κ1) is 17.5. The van der Waals surface area contributed by atoms with E-state index in [1.54, 1.807) is 0 Å². The van der Waals surface area contributed by atoms with Gasteiger partial charge in [0, 0.05) is 17.5 Å². The molecule has 2 atom stereocenters. The van der Waals surface area contributed by atoms with Gasteiger partial charge in [-0.05, 0) is 49.6 Å². The second-order valence-electron chi connectivity index (χ2n) is 7.53. The van der Waals surface area contributed by atoms with Crippen LogP contribution >= 0.6 is 12.2 Å². The Balaban J connectivity index is 1.28. The van der Waals surface area contributed by atoms with E-state index in [-0.39, 0.29) is 0 Å². The van der Waals surface area contributed by atoms with Gasteiger partial charge in [0.05, 0.1) is 11.0 Å². The lowest BCUT2D eigenvalue weighted by Gasteiger charge is -2.29. The minimum absolute atomic E-state index is 0.354. The number of rotatable bonds is 3. The molecule has 3 aromatic rings. The van der Waals surface area contributed by atoms with E-state index in [1.165, 1.54) is 6.42 Å². The maximum Gasteiger partial charge on any atom is 0.162 e. The van der Waals surface area contributed by atoms with Gasteiger partial charge < -0.3 is 19.8 Å². The number of benzene rings is 2. The molecular weight excluding hydrogens is 370 g/mol. The Hall–Kier alpha value is -2.60. The van der Waals surface area contributed by atoms with Crippen molar-refractivity contribution in [3.05, 3.63) is 53.9 Å². The molecule has 2 aromatic carbocycles. The topological polar surface area (TPSA) is 59.2 Å². The predicted octanol–water partition coefficient (Wildman–Crippen LogP) is 4.33. The number of nitrogens with one attached hydrogen (secondary N) is 2. The van der Waals surface area contributed by atoms with E-state index >= 15 is 0 Å². The monoisotopic (exact) mass is 393 g/mol. The van der Waals surface area contributed by atoms with E-state index < -0.39 is 0 Å². The van der Waals surface area contributed by atoms with E-state index in [9.17, 15) is 0 Å². The number of fused-ring (bicyclic) bond motifs is 2. The Bertz CT molecular complexity index is 983. The lowest BCUT2D eigenvalue weighted by atomic mass is 9.85. The predicted molar refractivity (Wildman–Crippen MR) is 113 cm³/mol. The van der Waals surface area contributed by atoms with Crippen LogP contribution in [-0.2, 0) is 0 Å². The third-order valence-corrected chi connectivity index (χ3v) is 5.96. The molecule has 1 aliphatic heterocycles.